The summed E-state index contributed by atoms with van der Waals surface area (Å²) in [6, 6.07) is 11.4. The first-order valence-electron chi connectivity index (χ1n) is 8.59. The fourth-order valence-electron chi connectivity index (χ4n) is 2.84. The van der Waals surface area contributed by atoms with Gasteiger partial charge in [-0.15, -0.1) is 5.10 Å². The molecule has 1 aliphatic heterocycles. The summed E-state index contributed by atoms with van der Waals surface area (Å²) in [5.41, 5.74) is 1.10. The van der Waals surface area contributed by atoms with E-state index in [0.717, 1.165) is 5.56 Å². The summed E-state index contributed by atoms with van der Waals surface area (Å²) >= 11 is 0. The molecule has 0 saturated carbocycles. The molecule has 4 rings (SSSR count). The van der Waals surface area contributed by atoms with E-state index in [1.807, 2.05) is 6.07 Å². The van der Waals surface area contributed by atoms with Crippen LogP contribution in [0.2, 0.25) is 0 Å². The van der Waals surface area contributed by atoms with Crippen LogP contribution in [0.3, 0.4) is 0 Å². The summed E-state index contributed by atoms with van der Waals surface area (Å²) in [5, 5.41) is 20.5. The number of halogens is 1. The Labute approximate surface area is 159 Å². The zero-order valence-corrected chi connectivity index (χ0v) is 14.7. The molecular weight excluding hydrogens is 367 g/mol. The summed E-state index contributed by atoms with van der Waals surface area (Å²) in [5.74, 6) is 0.396. The van der Waals surface area contributed by atoms with Crippen molar-refractivity contribution in [3.63, 3.8) is 0 Å². The third kappa shape index (κ3) is 3.79. The fourth-order valence-corrected chi connectivity index (χ4v) is 2.84. The van der Waals surface area contributed by atoms with Gasteiger partial charge in [-0.2, -0.15) is 0 Å². The van der Waals surface area contributed by atoms with Crippen molar-refractivity contribution < 1.29 is 23.8 Å². The van der Waals surface area contributed by atoms with E-state index >= 15 is 0 Å². The molecule has 0 radical (unpaired) electrons. The van der Waals surface area contributed by atoms with E-state index in [0.29, 0.717) is 11.5 Å². The normalized spacial score (nSPS) is 13.4. The zero-order chi connectivity index (χ0) is 19.5. The lowest BCUT2D eigenvalue weighted by Crippen LogP contribution is -2.23. The number of ether oxygens (including phenoxy) is 2. The molecule has 8 nitrogen and oxygen atoms in total. The number of aliphatic hydroxyl groups excluding tert-OH is 1. The molecule has 0 spiro atoms. The fraction of sp³-hybridized carbons (Fsp3) is 0.211. The van der Waals surface area contributed by atoms with Crippen molar-refractivity contribution in [2.24, 2.45) is 0 Å². The minimum Gasteiger partial charge on any atom is -0.454 e. The van der Waals surface area contributed by atoms with Gasteiger partial charge < -0.3 is 19.9 Å². The third-order valence-electron chi connectivity index (χ3n) is 4.29. The molecule has 1 aromatic heterocycles. The number of nitrogens with zero attached hydrogens (tertiary/aromatic N) is 3. The average Bonchev–Trinajstić information content (AvgIpc) is 3.35. The van der Waals surface area contributed by atoms with Crippen LogP contribution in [0.4, 0.5) is 4.39 Å². The molecule has 0 saturated heterocycles. The van der Waals surface area contributed by atoms with E-state index in [1.54, 1.807) is 24.3 Å². The molecule has 0 aliphatic carbocycles. The van der Waals surface area contributed by atoms with Gasteiger partial charge in [0, 0.05) is 12.1 Å². The molecule has 2 heterocycles. The monoisotopic (exact) mass is 384 g/mol. The van der Waals surface area contributed by atoms with Crippen LogP contribution in [-0.2, 0) is 13.1 Å². The van der Waals surface area contributed by atoms with E-state index in [-0.39, 0.29) is 31.1 Å². The van der Waals surface area contributed by atoms with Gasteiger partial charge >= 0.3 is 0 Å². The van der Waals surface area contributed by atoms with Crippen LogP contribution in [0.1, 0.15) is 27.7 Å². The number of hydrogen-bond acceptors (Lipinski definition) is 6. The minimum atomic E-state index is -1.10. The number of fused-ring (bicyclic) bond motifs is 1. The smallest absolute Gasteiger partial charge is 0.273 e. The summed E-state index contributed by atoms with van der Waals surface area (Å²) in [7, 11) is 0. The van der Waals surface area contributed by atoms with Crippen molar-refractivity contribution in [1.82, 2.24) is 20.3 Å². The molecule has 144 valence electrons. The van der Waals surface area contributed by atoms with Gasteiger partial charge in [0.05, 0.1) is 12.7 Å². The van der Waals surface area contributed by atoms with Crippen LogP contribution in [0.5, 0.6) is 11.5 Å². The first-order chi connectivity index (χ1) is 13.6. The summed E-state index contributed by atoms with van der Waals surface area (Å²) < 4.78 is 25.6. The average molecular weight is 384 g/mol. The van der Waals surface area contributed by atoms with E-state index in [2.05, 4.69) is 15.6 Å². The predicted octanol–water partition coefficient (Wildman–Crippen LogP) is 1.81. The maximum absolute atomic E-state index is 13.7. The Morgan fingerprint density at radius 1 is 1.25 bits per heavy atom. The second-order valence-electron chi connectivity index (χ2n) is 6.23. The second-order valence-corrected chi connectivity index (χ2v) is 6.23. The molecule has 1 amide bonds. The van der Waals surface area contributed by atoms with Gasteiger partial charge in [0.2, 0.25) is 6.79 Å². The maximum atomic E-state index is 13.7. The molecule has 0 fully saturated rings. The molecule has 0 unspecified atom stereocenters. The highest BCUT2D eigenvalue weighted by Gasteiger charge is 2.17. The number of amides is 1. The summed E-state index contributed by atoms with van der Waals surface area (Å²) in [6.45, 7) is 0.441. The Morgan fingerprint density at radius 3 is 2.93 bits per heavy atom. The molecule has 2 N–H and O–H groups in total. The van der Waals surface area contributed by atoms with E-state index in [9.17, 15) is 14.3 Å². The number of aromatic nitrogens is 3. The van der Waals surface area contributed by atoms with Gasteiger partial charge in [0.15, 0.2) is 17.2 Å². The molecule has 2 aromatic carbocycles. The van der Waals surface area contributed by atoms with Gasteiger partial charge in [0.25, 0.3) is 5.91 Å². The maximum Gasteiger partial charge on any atom is 0.273 e. The van der Waals surface area contributed by atoms with Crippen LogP contribution in [-0.4, -0.2) is 32.8 Å². The number of rotatable bonds is 6. The molecule has 28 heavy (non-hydrogen) atoms. The Hall–Kier alpha value is -3.46. The lowest BCUT2D eigenvalue weighted by atomic mass is 10.1. The van der Waals surface area contributed by atoms with Gasteiger partial charge in [-0.25, -0.2) is 9.07 Å². The molecule has 1 aliphatic rings. The number of aliphatic hydroxyl groups is 1. The van der Waals surface area contributed by atoms with Crippen LogP contribution in [0, 0.1) is 5.82 Å². The highest BCUT2D eigenvalue weighted by molar-refractivity contribution is 5.91. The lowest BCUT2D eigenvalue weighted by molar-refractivity contribution is 0.0945. The van der Waals surface area contributed by atoms with Crippen LogP contribution >= 0.6 is 0 Å². The first kappa shape index (κ1) is 17.9. The Balaban J connectivity index is 1.36. The van der Waals surface area contributed by atoms with Gasteiger partial charge in [0.1, 0.15) is 11.9 Å². The van der Waals surface area contributed by atoms with Crippen LogP contribution in [0.25, 0.3) is 0 Å². The summed E-state index contributed by atoms with van der Waals surface area (Å²) in [6.07, 6.45) is 0.298. The number of carbonyl (C=O) groups excluding carboxylic acids is 1. The van der Waals surface area contributed by atoms with Crippen molar-refractivity contribution in [3.05, 3.63) is 71.3 Å². The van der Waals surface area contributed by atoms with Gasteiger partial charge in [-0.1, -0.05) is 29.5 Å². The molecular formula is C19H17FN4O4. The predicted molar refractivity (Wildman–Crippen MR) is 95.1 cm³/mol. The van der Waals surface area contributed by atoms with Crippen molar-refractivity contribution in [3.8, 4) is 11.5 Å². The van der Waals surface area contributed by atoms with E-state index in [4.69, 9.17) is 9.47 Å². The van der Waals surface area contributed by atoms with Gasteiger partial charge in [-0.05, 0) is 23.8 Å². The topological polar surface area (TPSA) is 98.5 Å². The highest BCUT2D eigenvalue weighted by Crippen LogP contribution is 2.32. The van der Waals surface area contributed by atoms with Crippen molar-refractivity contribution >= 4 is 5.91 Å². The number of nitrogens with one attached hydrogen (secondary N) is 1. The molecule has 3 aromatic rings. The SMILES string of the molecule is O=C(NCc1ccc2c(c1)OCO2)c1cn(C[C@H](O)c2ccccc2F)nn1. The van der Waals surface area contributed by atoms with Crippen molar-refractivity contribution in [2.75, 3.05) is 6.79 Å². The van der Waals surface area contributed by atoms with Crippen molar-refractivity contribution in [2.45, 2.75) is 19.2 Å². The van der Waals surface area contributed by atoms with Gasteiger partial charge in [-0.3, -0.25) is 4.79 Å². The van der Waals surface area contributed by atoms with Crippen LogP contribution in [0.15, 0.2) is 48.7 Å². The summed E-state index contributed by atoms with van der Waals surface area (Å²) in [4.78, 5) is 12.3. The van der Waals surface area contributed by atoms with E-state index < -0.39 is 17.8 Å². The van der Waals surface area contributed by atoms with Crippen molar-refractivity contribution in [1.29, 1.82) is 0 Å². The second kappa shape index (κ2) is 7.65. The lowest BCUT2D eigenvalue weighted by Gasteiger charge is -2.11. The quantitative estimate of drug-likeness (QED) is 0.673. The Kier molecular flexibility index (Phi) is 4.90. The van der Waals surface area contributed by atoms with E-state index in [1.165, 1.54) is 23.0 Å². The third-order valence-corrected chi connectivity index (χ3v) is 4.29. The standard InChI is InChI=1S/C19H17FN4O4/c20-14-4-2-1-3-13(14)16(25)10-24-9-15(22-23-24)19(26)21-8-12-5-6-17-18(7-12)28-11-27-17/h1-7,9,16,25H,8,10-11H2,(H,21,26)/t16-/m0/s1. The largest absolute Gasteiger partial charge is 0.454 e. The zero-order valence-electron chi connectivity index (χ0n) is 14.7. The first-order valence-corrected chi connectivity index (χ1v) is 8.59. The molecule has 0 bridgehead atoms. The molecule has 9 heteroatoms. The number of benzene rings is 2. The Morgan fingerprint density at radius 2 is 2.07 bits per heavy atom. The minimum absolute atomic E-state index is 0.0244. The molecule has 1 atom stereocenters. The highest BCUT2D eigenvalue weighted by atomic mass is 19.1. The van der Waals surface area contributed by atoms with Crippen LogP contribution < -0.4 is 14.8 Å². The number of hydrogen-bond donors (Lipinski definition) is 2. The Bertz CT molecular complexity index is 1010. The number of carbonyl (C=O) groups is 1.